The minimum atomic E-state index is -4.71. The zero-order valence-corrected chi connectivity index (χ0v) is 10.8. The molecule has 8 heteroatoms. The van der Waals surface area contributed by atoms with E-state index in [1.54, 1.807) is 0 Å². The lowest BCUT2D eigenvalue weighted by Crippen LogP contribution is -2.34. The maximum Gasteiger partial charge on any atom is 0.417 e. The molecule has 1 unspecified atom stereocenters. The van der Waals surface area contributed by atoms with Gasteiger partial charge in [-0.1, -0.05) is 25.4 Å². The number of hydrogen-bond donors (Lipinski definition) is 1. The molecule has 0 aliphatic carbocycles. The van der Waals surface area contributed by atoms with Crippen molar-refractivity contribution in [1.82, 2.24) is 4.57 Å². The first kappa shape index (κ1) is 15.6. The lowest BCUT2D eigenvalue weighted by atomic mass is 10.0. The number of nitrogens with zero attached hydrogens (tertiary/aromatic N) is 1. The van der Waals surface area contributed by atoms with Crippen LogP contribution in [-0.4, -0.2) is 15.6 Å². The molecule has 1 aromatic rings. The van der Waals surface area contributed by atoms with Gasteiger partial charge >= 0.3 is 12.1 Å². The summed E-state index contributed by atoms with van der Waals surface area (Å²) in [4.78, 5) is 22.8. The summed E-state index contributed by atoms with van der Waals surface area (Å²) in [5.74, 6) is -1.97. The third-order valence-electron chi connectivity index (χ3n) is 2.51. The van der Waals surface area contributed by atoms with Crippen molar-refractivity contribution in [1.29, 1.82) is 0 Å². The third-order valence-corrected chi connectivity index (χ3v) is 2.78. The summed E-state index contributed by atoms with van der Waals surface area (Å²) in [5, 5.41) is 8.36. The van der Waals surface area contributed by atoms with Gasteiger partial charge in [0.1, 0.15) is 11.1 Å². The number of carboxylic acids is 1. The average molecular weight is 298 g/mol. The fraction of sp³-hybridized carbons (Fsp3) is 0.455. The second-order valence-electron chi connectivity index (χ2n) is 4.31. The summed E-state index contributed by atoms with van der Waals surface area (Å²) in [5.41, 5.74) is -2.13. The highest BCUT2D eigenvalue weighted by atomic mass is 35.5. The van der Waals surface area contributed by atoms with Crippen LogP contribution < -0.4 is 5.56 Å². The minimum Gasteiger partial charge on any atom is -0.480 e. The predicted molar refractivity (Wildman–Crippen MR) is 62.2 cm³/mol. The third kappa shape index (κ3) is 3.28. The van der Waals surface area contributed by atoms with Crippen LogP contribution >= 0.6 is 11.6 Å². The monoisotopic (exact) mass is 297 g/mol. The fourth-order valence-electron chi connectivity index (χ4n) is 1.65. The van der Waals surface area contributed by atoms with E-state index in [1.807, 2.05) is 0 Å². The lowest BCUT2D eigenvalue weighted by molar-refractivity contribution is -0.144. The van der Waals surface area contributed by atoms with Crippen molar-refractivity contribution in [2.75, 3.05) is 0 Å². The van der Waals surface area contributed by atoms with Crippen LogP contribution in [0.15, 0.2) is 17.1 Å². The van der Waals surface area contributed by atoms with Crippen molar-refractivity contribution in [3.63, 3.8) is 0 Å². The number of alkyl halides is 3. The maximum absolute atomic E-state index is 12.6. The molecular weight excluding hydrogens is 287 g/mol. The number of rotatable bonds is 3. The molecule has 0 spiro atoms. The van der Waals surface area contributed by atoms with E-state index in [0.29, 0.717) is 16.8 Å². The molecule has 0 bridgehead atoms. The second-order valence-corrected chi connectivity index (χ2v) is 4.72. The minimum absolute atomic E-state index is 0.479. The molecule has 106 valence electrons. The van der Waals surface area contributed by atoms with Crippen LogP contribution in [0.5, 0.6) is 0 Å². The Hall–Kier alpha value is -1.50. The molecule has 0 amide bonds. The number of hydrogen-bond acceptors (Lipinski definition) is 2. The standard InChI is InChI=1S/C11H11ClF3NO3/c1-5(2)8(10(18)19)16-4-6(11(13,14)15)3-7(12)9(16)17/h3-5,8H,1-2H3,(H,18,19). The highest BCUT2D eigenvalue weighted by Crippen LogP contribution is 2.30. The zero-order chi connectivity index (χ0) is 15.0. The van der Waals surface area contributed by atoms with E-state index in [0.717, 1.165) is 0 Å². The molecule has 0 aliphatic rings. The van der Waals surface area contributed by atoms with Crippen molar-refractivity contribution in [3.05, 3.63) is 33.2 Å². The van der Waals surface area contributed by atoms with Gasteiger partial charge in [-0.25, -0.2) is 4.79 Å². The number of aromatic nitrogens is 1. The quantitative estimate of drug-likeness (QED) is 0.933. The van der Waals surface area contributed by atoms with E-state index in [-0.39, 0.29) is 0 Å². The summed E-state index contributed by atoms with van der Waals surface area (Å²) in [6, 6.07) is -0.924. The number of carbonyl (C=O) groups is 1. The zero-order valence-electron chi connectivity index (χ0n) is 10.0. The highest BCUT2D eigenvalue weighted by Gasteiger charge is 2.34. The van der Waals surface area contributed by atoms with Gasteiger partial charge in [-0.15, -0.1) is 0 Å². The van der Waals surface area contributed by atoms with Crippen LogP contribution in [0, 0.1) is 5.92 Å². The largest absolute Gasteiger partial charge is 0.480 e. The Bertz CT molecular complexity index is 551. The van der Waals surface area contributed by atoms with Gasteiger partial charge in [-0.3, -0.25) is 9.36 Å². The average Bonchev–Trinajstić information content (AvgIpc) is 2.21. The predicted octanol–water partition coefficient (Wildman–Crippen LogP) is 2.80. The van der Waals surface area contributed by atoms with Crippen molar-refractivity contribution < 1.29 is 23.1 Å². The Morgan fingerprint density at radius 2 is 1.95 bits per heavy atom. The van der Waals surface area contributed by atoms with Gasteiger partial charge in [0.15, 0.2) is 0 Å². The van der Waals surface area contributed by atoms with Crippen LogP contribution in [-0.2, 0) is 11.0 Å². The molecular formula is C11H11ClF3NO3. The molecule has 1 rings (SSSR count). The fourth-order valence-corrected chi connectivity index (χ4v) is 1.87. The molecule has 1 atom stereocenters. The van der Waals surface area contributed by atoms with E-state index in [9.17, 15) is 22.8 Å². The van der Waals surface area contributed by atoms with Gasteiger partial charge in [-0.2, -0.15) is 13.2 Å². The summed E-state index contributed by atoms with van der Waals surface area (Å²) in [6.07, 6.45) is -4.23. The maximum atomic E-state index is 12.6. The molecule has 0 radical (unpaired) electrons. The number of pyridine rings is 1. The highest BCUT2D eigenvalue weighted by molar-refractivity contribution is 6.30. The topological polar surface area (TPSA) is 59.3 Å². The molecule has 0 aliphatic heterocycles. The van der Waals surface area contributed by atoms with E-state index in [4.69, 9.17) is 16.7 Å². The van der Waals surface area contributed by atoms with Crippen molar-refractivity contribution in [3.8, 4) is 0 Å². The summed E-state index contributed by atoms with van der Waals surface area (Å²) >= 11 is 5.45. The normalized spacial score (nSPS) is 13.6. The van der Waals surface area contributed by atoms with E-state index in [2.05, 4.69) is 0 Å². The van der Waals surface area contributed by atoms with Gasteiger partial charge in [0.2, 0.25) is 0 Å². The molecule has 0 saturated heterocycles. The molecule has 0 fully saturated rings. The Morgan fingerprint density at radius 3 is 2.32 bits per heavy atom. The first-order chi connectivity index (χ1) is 8.55. The molecule has 1 N–H and O–H groups in total. The molecule has 1 aromatic heterocycles. The van der Waals surface area contributed by atoms with Crippen LogP contribution in [0.4, 0.5) is 13.2 Å². The van der Waals surface area contributed by atoms with Gasteiger partial charge < -0.3 is 5.11 Å². The Labute approximate surface area is 111 Å². The van der Waals surface area contributed by atoms with Gasteiger partial charge in [0, 0.05) is 6.20 Å². The molecule has 19 heavy (non-hydrogen) atoms. The summed E-state index contributed by atoms with van der Waals surface area (Å²) < 4.78 is 38.4. The molecule has 0 aromatic carbocycles. The van der Waals surface area contributed by atoms with E-state index >= 15 is 0 Å². The van der Waals surface area contributed by atoms with Crippen molar-refractivity contribution in [2.24, 2.45) is 5.92 Å². The van der Waals surface area contributed by atoms with Crippen molar-refractivity contribution >= 4 is 17.6 Å². The number of aliphatic carboxylic acids is 1. The van der Waals surface area contributed by atoms with Crippen molar-refractivity contribution in [2.45, 2.75) is 26.1 Å². The molecule has 1 heterocycles. The number of carboxylic acid groups (broad SMARTS) is 1. The van der Waals surface area contributed by atoms with Gasteiger partial charge in [0.25, 0.3) is 5.56 Å². The Morgan fingerprint density at radius 1 is 1.42 bits per heavy atom. The van der Waals surface area contributed by atoms with Crippen LogP contribution in [0.1, 0.15) is 25.5 Å². The van der Waals surface area contributed by atoms with E-state index in [1.165, 1.54) is 13.8 Å². The SMILES string of the molecule is CC(C)C(C(=O)O)n1cc(C(F)(F)F)cc(Cl)c1=O. The Balaban J connectivity index is 3.54. The van der Waals surface area contributed by atoms with Gasteiger partial charge in [0.05, 0.1) is 5.56 Å². The van der Waals surface area contributed by atoms with Gasteiger partial charge in [-0.05, 0) is 12.0 Å². The smallest absolute Gasteiger partial charge is 0.417 e. The number of halogens is 4. The molecule has 0 saturated carbocycles. The summed E-state index contributed by atoms with van der Waals surface area (Å²) in [6.45, 7) is 2.97. The lowest BCUT2D eigenvalue weighted by Gasteiger charge is -2.20. The summed E-state index contributed by atoms with van der Waals surface area (Å²) in [7, 11) is 0. The first-order valence-electron chi connectivity index (χ1n) is 5.27. The Kier molecular flexibility index (Phi) is 4.29. The van der Waals surface area contributed by atoms with Crippen LogP contribution in [0.25, 0.3) is 0 Å². The van der Waals surface area contributed by atoms with Crippen LogP contribution in [0.2, 0.25) is 5.02 Å². The molecule has 4 nitrogen and oxygen atoms in total. The van der Waals surface area contributed by atoms with E-state index < -0.39 is 40.3 Å². The second kappa shape index (κ2) is 5.24. The first-order valence-corrected chi connectivity index (χ1v) is 5.65. The van der Waals surface area contributed by atoms with Crippen LogP contribution in [0.3, 0.4) is 0 Å².